The van der Waals surface area contributed by atoms with Crippen molar-refractivity contribution in [3.8, 4) is 0 Å². The summed E-state index contributed by atoms with van der Waals surface area (Å²) in [6.07, 6.45) is 0.751. The zero-order valence-electron chi connectivity index (χ0n) is 9.99. The number of imide groups is 1. The first-order valence-corrected chi connectivity index (χ1v) is 5.76. The van der Waals surface area contributed by atoms with Crippen LogP contribution in [0.3, 0.4) is 0 Å². The largest absolute Gasteiger partial charge is 0.465 e. The molecule has 0 atom stereocenters. The van der Waals surface area contributed by atoms with Crippen molar-refractivity contribution in [1.29, 1.82) is 0 Å². The fourth-order valence-electron chi connectivity index (χ4n) is 1.88. The second-order valence-electron chi connectivity index (χ2n) is 3.95. The van der Waals surface area contributed by atoms with Crippen molar-refractivity contribution in [3.63, 3.8) is 0 Å². The number of carbonyl (C=O) groups is 3. The maximum absolute atomic E-state index is 11.6. The number of carbonyl (C=O) groups excluding carboxylic acids is 3. The second-order valence-corrected chi connectivity index (χ2v) is 3.95. The molecule has 0 saturated carbocycles. The van der Waals surface area contributed by atoms with E-state index in [0.717, 1.165) is 5.56 Å². The molecule has 2 rings (SSSR count). The summed E-state index contributed by atoms with van der Waals surface area (Å²) in [6, 6.07) is 5.09. The van der Waals surface area contributed by atoms with Gasteiger partial charge in [0.25, 0.3) is 11.8 Å². The molecule has 0 aliphatic carbocycles. The molecule has 2 amide bonds. The molecule has 1 aromatic rings. The van der Waals surface area contributed by atoms with Gasteiger partial charge in [-0.25, -0.2) is 0 Å². The van der Waals surface area contributed by atoms with Crippen LogP contribution in [0.15, 0.2) is 18.2 Å². The third-order valence-corrected chi connectivity index (χ3v) is 2.77. The Morgan fingerprint density at radius 1 is 1.28 bits per heavy atom. The molecule has 1 aliphatic rings. The molecule has 5 heteroatoms. The van der Waals surface area contributed by atoms with Gasteiger partial charge in [0.1, 0.15) is 0 Å². The Morgan fingerprint density at radius 3 is 2.78 bits per heavy atom. The lowest BCUT2D eigenvalue weighted by atomic mass is 10.0. The summed E-state index contributed by atoms with van der Waals surface area (Å²) >= 11 is 0. The van der Waals surface area contributed by atoms with E-state index in [-0.39, 0.29) is 24.4 Å². The topological polar surface area (TPSA) is 72.5 Å². The van der Waals surface area contributed by atoms with Gasteiger partial charge in [0.05, 0.1) is 17.7 Å². The summed E-state index contributed by atoms with van der Waals surface area (Å²) in [7, 11) is 0. The number of benzene rings is 1. The predicted molar refractivity (Wildman–Crippen MR) is 63.2 cm³/mol. The van der Waals surface area contributed by atoms with Crippen LogP contribution in [0.1, 0.15) is 39.6 Å². The minimum atomic E-state index is -0.382. The van der Waals surface area contributed by atoms with Crippen LogP contribution in [0.4, 0.5) is 0 Å². The van der Waals surface area contributed by atoms with E-state index < -0.39 is 0 Å². The fraction of sp³-hybridized carbons (Fsp3) is 0.308. The van der Waals surface area contributed by atoms with Gasteiger partial charge in [-0.2, -0.15) is 0 Å². The molecule has 0 fully saturated rings. The lowest BCUT2D eigenvalue weighted by Gasteiger charge is -2.06. The highest BCUT2D eigenvalue weighted by Crippen LogP contribution is 2.20. The van der Waals surface area contributed by atoms with Gasteiger partial charge in [0.15, 0.2) is 0 Å². The molecule has 94 valence electrons. The Hall–Kier alpha value is -2.17. The summed E-state index contributed by atoms with van der Waals surface area (Å²) in [5.74, 6) is -1.03. The summed E-state index contributed by atoms with van der Waals surface area (Å²) in [4.78, 5) is 34.0. The van der Waals surface area contributed by atoms with Gasteiger partial charge in [0.2, 0.25) is 0 Å². The first-order valence-electron chi connectivity index (χ1n) is 5.76. The van der Waals surface area contributed by atoms with E-state index >= 15 is 0 Å². The number of hydrogen-bond acceptors (Lipinski definition) is 4. The monoisotopic (exact) mass is 247 g/mol. The second kappa shape index (κ2) is 5.00. The first-order chi connectivity index (χ1) is 8.63. The Kier molecular flexibility index (Phi) is 3.41. The molecule has 0 radical (unpaired) electrons. The number of rotatable bonds is 4. The van der Waals surface area contributed by atoms with E-state index in [4.69, 9.17) is 4.74 Å². The average Bonchev–Trinajstić information content (AvgIpc) is 2.66. The van der Waals surface area contributed by atoms with E-state index in [9.17, 15) is 14.4 Å². The van der Waals surface area contributed by atoms with Crippen molar-refractivity contribution in [2.45, 2.75) is 19.8 Å². The Balaban J connectivity index is 2.13. The van der Waals surface area contributed by atoms with E-state index in [1.807, 2.05) is 0 Å². The van der Waals surface area contributed by atoms with E-state index in [0.29, 0.717) is 24.0 Å². The predicted octanol–water partition coefficient (Wildman–Crippen LogP) is 1.07. The SMILES string of the molecule is CCC(=O)OCCc1cccc2c1C(=O)NC2=O. The van der Waals surface area contributed by atoms with Crippen molar-refractivity contribution < 1.29 is 19.1 Å². The highest BCUT2D eigenvalue weighted by molar-refractivity contribution is 6.22. The quantitative estimate of drug-likeness (QED) is 0.638. The summed E-state index contributed by atoms with van der Waals surface area (Å²) in [6.45, 7) is 1.93. The molecule has 0 bridgehead atoms. The highest BCUT2D eigenvalue weighted by Gasteiger charge is 2.28. The van der Waals surface area contributed by atoms with Crippen LogP contribution in [0.5, 0.6) is 0 Å². The van der Waals surface area contributed by atoms with E-state index in [2.05, 4.69) is 5.32 Å². The lowest BCUT2D eigenvalue weighted by Crippen LogP contribution is -2.20. The molecular formula is C13H13NO4. The summed E-state index contributed by atoms with van der Waals surface area (Å²) in [5, 5.41) is 2.25. The number of ether oxygens (including phenoxy) is 1. The number of hydrogen-bond donors (Lipinski definition) is 1. The normalized spacial score (nSPS) is 13.2. The number of amides is 2. The molecule has 0 spiro atoms. The van der Waals surface area contributed by atoms with Crippen LogP contribution in [0.2, 0.25) is 0 Å². The van der Waals surface area contributed by atoms with Crippen molar-refractivity contribution in [2.75, 3.05) is 6.61 Å². The summed E-state index contributed by atoms with van der Waals surface area (Å²) in [5.41, 5.74) is 1.51. The molecule has 0 unspecified atom stereocenters. The van der Waals surface area contributed by atoms with Crippen molar-refractivity contribution in [3.05, 3.63) is 34.9 Å². The maximum Gasteiger partial charge on any atom is 0.305 e. The molecule has 18 heavy (non-hydrogen) atoms. The molecule has 1 aromatic carbocycles. The first kappa shape index (κ1) is 12.3. The smallest absolute Gasteiger partial charge is 0.305 e. The van der Waals surface area contributed by atoms with Crippen LogP contribution >= 0.6 is 0 Å². The molecule has 1 heterocycles. The average molecular weight is 247 g/mol. The summed E-state index contributed by atoms with van der Waals surface area (Å²) < 4.78 is 4.96. The Bertz CT molecular complexity index is 522. The highest BCUT2D eigenvalue weighted by atomic mass is 16.5. The lowest BCUT2D eigenvalue weighted by molar-refractivity contribution is -0.143. The maximum atomic E-state index is 11.6. The Morgan fingerprint density at radius 2 is 2.06 bits per heavy atom. The number of esters is 1. The minimum Gasteiger partial charge on any atom is -0.465 e. The number of fused-ring (bicyclic) bond motifs is 1. The molecule has 5 nitrogen and oxygen atoms in total. The van der Waals surface area contributed by atoms with Gasteiger partial charge < -0.3 is 4.74 Å². The minimum absolute atomic E-state index is 0.213. The molecule has 1 aliphatic heterocycles. The van der Waals surface area contributed by atoms with Crippen molar-refractivity contribution >= 4 is 17.8 Å². The van der Waals surface area contributed by atoms with Crippen LogP contribution in [-0.2, 0) is 16.0 Å². The van der Waals surface area contributed by atoms with Crippen molar-refractivity contribution in [1.82, 2.24) is 5.32 Å². The standard InChI is InChI=1S/C13H13NO4/c1-2-10(15)18-7-6-8-4-3-5-9-11(8)13(17)14-12(9)16/h3-5H,2,6-7H2,1H3,(H,14,16,17). The van der Waals surface area contributed by atoms with Gasteiger partial charge in [-0.1, -0.05) is 19.1 Å². The van der Waals surface area contributed by atoms with E-state index in [1.165, 1.54) is 0 Å². The zero-order valence-corrected chi connectivity index (χ0v) is 9.99. The van der Waals surface area contributed by atoms with Crippen molar-refractivity contribution in [2.24, 2.45) is 0 Å². The fourth-order valence-corrected chi connectivity index (χ4v) is 1.88. The Labute approximate surface area is 104 Å². The molecule has 1 N–H and O–H groups in total. The number of nitrogens with one attached hydrogen (secondary N) is 1. The van der Waals surface area contributed by atoms with E-state index in [1.54, 1.807) is 25.1 Å². The van der Waals surface area contributed by atoms with Crippen LogP contribution in [-0.4, -0.2) is 24.4 Å². The van der Waals surface area contributed by atoms with Gasteiger partial charge in [0, 0.05) is 12.8 Å². The molecular weight excluding hydrogens is 234 g/mol. The molecule has 0 aromatic heterocycles. The third kappa shape index (κ3) is 2.25. The zero-order chi connectivity index (χ0) is 13.1. The van der Waals surface area contributed by atoms with Gasteiger partial charge >= 0.3 is 5.97 Å². The van der Waals surface area contributed by atoms with Gasteiger partial charge in [-0.15, -0.1) is 0 Å². The van der Waals surface area contributed by atoms with Crippen LogP contribution in [0, 0.1) is 0 Å². The van der Waals surface area contributed by atoms with Gasteiger partial charge in [-0.05, 0) is 11.6 Å². The van der Waals surface area contributed by atoms with Crippen LogP contribution in [0.25, 0.3) is 0 Å². The third-order valence-electron chi connectivity index (χ3n) is 2.77. The molecule has 0 saturated heterocycles. The van der Waals surface area contributed by atoms with Gasteiger partial charge in [-0.3, -0.25) is 19.7 Å². The van der Waals surface area contributed by atoms with Crippen LogP contribution < -0.4 is 5.32 Å².